The molecule has 0 bridgehead atoms. The molecule has 0 N–H and O–H groups in total. The van der Waals surface area contributed by atoms with Crippen LogP contribution >= 0.6 is 0 Å². The second kappa shape index (κ2) is 6.64. The Kier molecular flexibility index (Phi) is 4.37. The molecule has 1 unspecified atom stereocenters. The van der Waals surface area contributed by atoms with Gasteiger partial charge in [0.05, 0.1) is 0 Å². The Morgan fingerprint density at radius 3 is 2.75 bits per heavy atom. The Labute approximate surface area is 143 Å². The second-order valence-electron chi connectivity index (χ2n) is 7.01. The molecule has 2 aliphatic heterocycles. The molecular formula is C17H27N7. The van der Waals surface area contributed by atoms with Crippen LogP contribution in [0, 0.1) is 0 Å². The fraction of sp³-hybridized carbons (Fsp3) is 0.706. The summed E-state index contributed by atoms with van der Waals surface area (Å²) in [4.78, 5) is 16.4. The number of aromatic nitrogens is 4. The van der Waals surface area contributed by atoms with Gasteiger partial charge in [0.15, 0.2) is 0 Å². The summed E-state index contributed by atoms with van der Waals surface area (Å²) in [5.41, 5.74) is 1.09. The standard InChI is InChI=1S/C17H27N7/c1-3-14-11-16(24-17(20-14)18-13-19-24)23-9-7-22(8-10-23)15-5-4-6-21(2)12-15/h11,13,15H,3-10,12H2,1-2H3. The van der Waals surface area contributed by atoms with Crippen LogP contribution in [-0.2, 0) is 6.42 Å². The quantitative estimate of drug-likeness (QED) is 0.834. The monoisotopic (exact) mass is 329 g/mol. The number of aryl methyl sites for hydroxylation is 1. The minimum atomic E-state index is 0.709. The molecule has 2 aromatic heterocycles. The lowest BCUT2D eigenvalue weighted by atomic mass is 10.0. The van der Waals surface area contributed by atoms with Crippen molar-refractivity contribution in [1.82, 2.24) is 29.4 Å². The summed E-state index contributed by atoms with van der Waals surface area (Å²) in [7, 11) is 2.24. The molecule has 2 aliphatic rings. The molecule has 0 aliphatic carbocycles. The largest absolute Gasteiger partial charge is 0.354 e. The molecule has 2 aromatic rings. The first-order chi connectivity index (χ1) is 11.7. The number of hydrogen-bond acceptors (Lipinski definition) is 6. The maximum absolute atomic E-state index is 4.55. The van der Waals surface area contributed by atoms with Crippen LogP contribution in [0.2, 0.25) is 0 Å². The van der Waals surface area contributed by atoms with E-state index in [2.05, 4.69) is 49.8 Å². The SMILES string of the molecule is CCc1cc(N2CCN(C3CCCN(C)C3)CC2)n2ncnc2n1. The minimum Gasteiger partial charge on any atom is -0.354 e. The van der Waals surface area contributed by atoms with E-state index in [4.69, 9.17) is 0 Å². The predicted octanol–water partition coefficient (Wildman–Crippen LogP) is 0.903. The lowest BCUT2D eigenvalue weighted by Crippen LogP contribution is -2.54. The van der Waals surface area contributed by atoms with Crippen LogP contribution in [0.4, 0.5) is 5.82 Å². The van der Waals surface area contributed by atoms with Crippen molar-refractivity contribution in [3.63, 3.8) is 0 Å². The smallest absolute Gasteiger partial charge is 0.254 e. The van der Waals surface area contributed by atoms with E-state index in [9.17, 15) is 0 Å². The van der Waals surface area contributed by atoms with Gasteiger partial charge in [-0.25, -0.2) is 4.98 Å². The van der Waals surface area contributed by atoms with Crippen molar-refractivity contribution in [1.29, 1.82) is 0 Å². The molecule has 2 fully saturated rings. The zero-order valence-electron chi connectivity index (χ0n) is 14.7. The van der Waals surface area contributed by atoms with Crippen LogP contribution in [0.25, 0.3) is 5.78 Å². The maximum atomic E-state index is 4.55. The highest BCUT2D eigenvalue weighted by molar-refractivity contribution is 5.47. The maximum Gasteiger partial charge on any atom is 0.254 e. The average Bonchev–Trinajstić information content (AvgIpc) is 3.09. The van der Waals surface area contributed by atoms with Gasteiger partial charge in [-0.3, -0.25) is 4.90 Å². The summed E-state index contributed by atoms with van der Waals surface area (Å²) in [5, 5.41) is 4.37. The summed E-state index contributed by atoms with van der Waals surface area (Å²) < 4.78 is 1.88. The van der Waals surface area contributed by atoms with Gasteiger partial charge < -0.3 is 9.80 Å². The highest BCUT2D eigenvalue weighted by Crippen LogP contribution is 2.21. The Balaban J connectivity index is 1.49. The second-order valence-corrected chi connectivity index (χ2v) is 7.01. The first kappa shape index (κ1) is 15.8. The van der Waals surface area contributed by atoms with Crippen LogP contribution in [0.15, 0.2) is 12.4 Å². The Morgan fingerprint density at radius 1 is 1.17 bits per heavy atom. The van der Waals surface area contributed by atoms with E-state index in [0.29, 0.717) is 5.78 Å². The Morgan fingerprint density at radius 2 is 2.00 bits per heavy atom. The predicted molar refractivity (Wildman–Crippen MR) is 94.5 cm³/mol. The molecule has 4 rings (SSSR count). The zero-order valence-corrected chi connectivity index (χ0v) is 14.7. The number of piperidine rings is 1. The summed E-state index contributed by atoms with van der Waals surface area (Å²) >= 11 is 0. The van der Waals surface area contributed by atoms with Gasteiger partial charge in [-0.15, -0.1) is 0 Å². The van der Waals surface area contributed by atoms with Crippen LogP contribution < -0.4 is 4.90 Å². The third-order valence-corrected chi connectivity index (χ3v) is 5.40. The fourth-order valence-electron chi connectivity index (χ4n) is 4.00. The number of fused-ring (bicyclic) bond motifs is 1. The molecule has 0 aromatic carbocycles. The number of likely N-dealkylation sites (N-methyl/N-ethyl adjacent to an activating group) is 1. The molecule has 1 atom stereocenters. The van der Waals surface area contributed by atoms with Crippen molar-refractivity contribution in [2.24, 2.45) is 0 Å². The van der Waals surface area contributed by atoms with Crippen molar-refractivity contribution in [2.45, 2.75) is 32.2 Å². The number of nitrogens with zero attached hydrogens (tertiary/aromatic N) is 7. The third kappa shape index (κ3) is 2.98. The molecule has 0 saturated carbocycles. The number of hydrogen-bond donors (Lipinski definition) is 0. The van der Waals surface area contributed by atoms with Crippen LogP contribution in [0.5, 0.6) is 0 Å². The molecule has 0 spiro atoms. The van der Waals surface area contributed by atoms with Crippen LogP contribution in [0.1, 0.15) is 25.5 Å². The fourth-order valence-corrected chi connectivity index (χ4v) is 4.00. The van der Waals surface area contributed by atoms with Gasteiger partial charge in [-0.1, -0.05) is 6.92 Å². The van der Waals surface area contributed by atoms with Crippen molar-refractivity contribution < 1.29 is 0 Å². The third-order valence-electron chi connectivity index (χ3n) is 5.40. The minimum absolute atomic E-state index is 0.709. The van der Waals surface area contributed by atoms with Gasteiger partial charge in [-0.05, 0) is 32.9 Å². The van der Waals surface area contributed by atoms with Gasteiger partial charge in [-0.2, -0.15) is 14.6 Å². The van der Waals surface area contributed by atoms with Crippen molar-refractivity contribution in [2.75, 3.05) is 51.2 Å². The van der Waals surface area contributed by atoms with E-state index >= 15 is 0 Å². The number of anilines is 1. The van der Waals surface area contributed by atoms with Gasteiger partial charge in [0.2, 0.25) is 0 Å². The normalized spacial score (nSPS) is 23.9. The van der Waals surface area contributed by atoms with E-state index in [1.807, 2.05) is 4.52 Å². The average molecular weight is 329 g/mol. The first-order valence-electron chi connectivity index (χ1n) is 9.12. The van der Waals surface area contributed by atoms with Crippen molar-refractivity contribution in [3.8, 4) is 0 Å². The first-order valence-corrected chi connectivity index (χ1v) is 9.12. The van der Waals surface area contributed by atoms with Gasteiger partial charge in [0.25, 0.3) is 5.78 Å². The zero-order chi connectivity index (χ0) is 16.5. The number of likely N-dealkylation sites (tertiary alicyclic amines) is 1. The summed E-state index contributed by atoms with van der Waals surface area (Å²) in [5.74, 6) is 1.84. The summed E-state index contributed by atoms with van der Waals surface area (Å²) in [6.45, 7) is 8.93. The molecule has 0 amide bonds. The molecule has 7 nitrogen and oxygen atoms in total. The van der Waals surface area contributed by atoms with Gasteiger partial charge in [0, 0.05) is 50.5 Å². The lowest BCUT2D eigenvalue weighted by molar-refractivity contribution is 0.106. The van der Waals surface area contributed by atoms with Crippen molar-refractivity contribution in [3.05, 3.63) is 18.1 Å². The molecule has 2 saturated heterocycles. The van der Waals surface area contributed by atoms with Crippen molar-refractivity contribution >= 4 is 11.6 Å². The summed E-state index contributed by atoms with van der Waals surface area (Å²) in [6, 6.07) is 2.90. The topological polar surface area (TPSA) is 52.8 Å². The van der Waals surface area contributed by atoms with E-state index < -0.39 is 0 Å². The molecule has 7 heteroatoms. The van der Waals surface area contributed by atoms with Crippen LogP contribution in [-0.4, -0.2) is 81.7 Å². The van der Waals surface area contributed by atoms with Gasteiger partial charge >= 0.3 is 0 Å². The summed E-state index contributed by atoms with van der Waals surface area (Å²) in [6.07, 6.45) is 5.18. The van der Waals surface area contributed by atoms with Gasteiger partial charge in [0.1, 0.15) is 12.1 Å². The highest BCUT2D eigenvalue weighted by atomic mass is 15.4. The molecule has 130 valence electrons. The molecule has 24 heavy (non-hydrogen) atoms. The number of rotatable bonds is 3. The van der Waals surface area contributed by atoms with E-state index in [1.54, 1.807) is 6.33 Å². The molecule has 0 radical (unpaired) electrons. The Bertz CT molecular complexity index is 689. The number of piperazine rings is 1. The highest BCUT2D eigenvalue weighted by Gasteiger charge is 2.27. The van der Waals surface area contributed by atoms with Crippen LogP contribution in [0.3, 0.4) is 0 Å². The van der Waals surface area contributed by atoms with E-state index in [0.717, 1.165) is 50.2 Å². The molecule has 4 heterocycles. The Hall–Kier alpha value is -1.73. The van der Waals surface area contributed by atoms with E-state index in [-0.39, 0.29) is 0 Å². The molecular weight excluding hydrogens is 302 g/mol. The lowest BCUT2D eigenvalue weighted by Gasteiger charge is -2.43. The van der Waals surface area contributed by atoms with E-state index in [1.165, 1.54) is 25.9 Å².